The second-order valence-electron chi connectivity index (χ2n) is 3.06. The van der Waals surface area contributed by atoms with E-state index in [0.717, 1.165) is 12.8 Å². The lowest BCUT2D eigenvalue weighted by Gasteiger charge is -2.33. The molecule has 1 saturated heterocycles. The Morgan fingerprint density at radius 3 is 2.50 bits per heavy atom. The average molecular weight is 324 g/mol. The summed E-state index contributed by atoms with van der Waals surface area (Å²) in [6.07, 6.45) is 2.95. The van der Waals surface area contributed by atoms with Crippen molar-refractivity contribution in [2.24, 2.45) is 0 Å². The first-order chi connectivity index (χ1) is 5.31. The first kappa shape index (κ1) is 11.0. The van der Waals surface area contributed by atoms with Gasteiger partial charge in [0.1, 0.15) is 2.88 Å². The van der Waals surface area contributed by atoms with E-state index >= 15 is 0 Å². The highest BCUT2D eigenvalue weighted by Crippen LogP contribution is 2.34. The summed E-state index contributed by atoms with van der Waals surface area (Å²) in [5.41, 5.74) is 0. The fourth-order valence-electron chi connectivity index (χ4n) is 1.21. The second-order valence-corrected chi connectivity index (χ2v) is 8.46. The maximum atomic E-state index is 11.1. The maximum absolute atomic E-state index is 11.1. The van der Waals surface area contributed by atoms with Crippen LogP contribution in [-0.2, 0) is 10.0 Å². The van der Waals surface area contributed by atoms with E-state index in [4.69, 9.17) is 11.6 Å². The Kier molecular flexibility index (Phi) is 3.29. The molecule has 0 saturated carbocycles. The normalized spacial score (nSPS) is 33.6. The van der Waals surface area contributed by atoms with Crippen molar-refractivity contribution in [3.05, 3.63) is 0 Å². The van der Waals surface area contributed by atoms with Crippen molar-refractivity contribution >= 4 is 44.2 Å². The van der Waals surface area contributed by atoms with E-state index in [-0.39, 0.29) is 0 Å². The van der Waals surface area contributed by atoms with Crippen LogP contribution in [0.3, 0.4) is 0 Å². The van der Waals surface area contributed by atoms with Crippen LogP contribution in [0.5, 0.6) is 0 Å². The van der Waals surface area contributed by atoms with Crippen LogP contribution in [-0.4, -0.2) is 34.9 Å². The molecule has 0 spiro atoms. The third-order valence-corrected chi connectivity index (χ3v) is 4.27. The first-order valence-corrected chi connectivity index (χ1v) is 6.95. The summed E-state index contributed by atoms with van der Waals surface area (Å²) in [5.74, 6) is 0. The minimum atomic E-state index is -3.05. The Labute approximate surface area is 91.6 Å². The third kappa shape index (κ3) is 3.01. The van der Waals surface area contributed by atoms with Crippen molar-refractivity contribution in [2.45, 2.75) is 15.7 Å². The predicted octanol–water partition coefficient (Wildman–Crippen LogP) is 1.41. The molecule has 0 aliphatic carbocycles. The van der Waals surface area contributed by atoms with Crippen LogP contribution in [0.25, 0.3) is 0 Å². The number of nitrogens with zero attached hydrogens (tertiary/aromatic N) is 1. The van der Waals surface area contributed by atoms with Gasteiger partial charge in [-0.05, 0) is 12.8 Å². The standard InChI is InChI=1S/C6H11ClINO2S/c1-12(10,11)9-4-2-3-6(7,8)5-9/h2-5H2,1H3. The summed E-state index contributed by atoms with van der Waals surface area (Å²) < 4.78 is 23.3. The lowest BCUT2D eigenvalue weighted by Crippen LogP contribution is -2.43. The molecule has 0 N–H and O–H groups in total. The van der Waals surface area contributed by atoms with Gasteiger partial charge in [-0.15, -0.1) is 11.6 Å². The highest BCUT2D eigenvalue weighted by Gasteiger charge is 2.34. The van der Waals surface area contributed by atoms with Crippen LogP contribution in [0.1, 0.15) is 12.8 Å². The van der Waals surface area contributed by atoms with Gasteiger partial charge in [-0.2, -0.15) is 4.31 Å². The van der Waals surface area contributed by atoms with E-state index in [2.05, 4.69) is 22.6 Å². The SMILES string of the molecule is CS(=O)(=O)N1CCCC(Cl)(I)C1. The smallest absolute Gasteiger partial charge is 0.211 e. The van der Waals surface area contributed by atoms with Gasteiger partial charge >= 0.3 is 0 Å². The molecule has 6 heteroatoms. The Bertz CT molecular complexity index is 265. The molecule has 1 rings (SSSR count). The molecule has 12 heavy (non-hydrogen) atoms. The van der Waals surface area contributed by atoms with Crippen molar-refractivity contribution in [1.29, 1.82) is 0 Å². The van der Waals surface area contributed by atoms with E-state index < -0.39 is 12.9 Å². The lowest BCUT2D eigenvalue weighted by molar-refractivity contribution is 0.346. The quantitative estimate of drug-likeness (QED) is 0.540. The monoisotopic (exact) mass is 323 g/mol. The Morgan fingerprint density at radius 2 is 2.17 bits per heavy atom. The van der Waals surface area contributed by atoms with Gasteiger partial charge in [0.25, 0.3) is 0 Å². The van der Waals surface area contributed by atoms with Gasteiger partial charge in [0.2, 0.25) is 10.0 Å². The van der Waals surface area contributed by atoms with Gasteiger partial charge in [0.05, 0.1) is 6.26 Å². The Morgan fingerprint density at radius 1 is 1.58 bits per heavy atom. The van der Waals surface area contributed by atoms with E-state index in [1.165, 1.54) is 10.6 Å². The maximum Gasteiger partial charge on any atom is 0.211 e. The molecule has 0 radical (unpaired) electrons. The number of rotatable bonds is 1. The number of alkyl halides is 2. The predicted molar refractivity (Wildman–Crippen MR) is 58.3 cm³/mol. The molecule has 1 heterocycles. The molecule has 0 aromatic carbocycles. The van der Waals surface area contributed by atoms with Crippen LogP contribution in [0, 0.1) is 0 Å². The minimum Gasteiger partial charge on any atom is -0.213 e. The van der Waals surface area contributed by atoms with E-state index in [9.17, 15) is 8.42 Å². The molecule has 0 aromatic rings. The van der Waals surface area contributed by atoms with Crippen molar-refractivity contribution < 1.29 is 8.42 Å². The zero-order valence-corrected chi connectivity index (χ0v) is 10.5. The first-order valence-electron chi connectivity index (χ1n) is 3.64. The van der Waals surface area contributed by atoms with Crippen molar-refractivity contribution in [1.82, 2.24) is 4.31 Å². The zero-order valence-electron chi connectivity index (χ0n) is 6.76. The number of hydrogen-bond donors (Lipinski definition) is 0. The zero-order chi connectivity index (χ0) is 9.41. The fourth-order valence-corrected chi connectivity index (χ4v) is 3.50. The molecular weight excluding hydrogens is 312 g/mol. The number of sulfonamides is 1. The minimum absolute atomic E-state index is 0.404. The summed E-state index contributed by atoms with van der Waals surface area (Å²) in [4.78, 5) is 0. The molecular formula is C6H11ClINO2S. The molecule has 1 aliphatic rings. The van der Waals surface area contributed by atoms with Crippen LogP contribution >= 0.6 is 34.2 Å². The van der Waals surface area contributed by atoms with Crippen LogP contribution in [0.4, 0.5) is 0 Å². The Hall–Kier alpha value is 0.930. The van der Waals surface area contributed by atoms with Crippen LogP contribution < -0.4 is 0 Å². The van der Waals surface area contributed by atoms with E-state index in [1.54, 1.807) is 0 Å². The van der Waals surface area contributed by atoms with Crippen molar-refractivity contribution in [3.8, 4) is 0 Å². The van der Waals surface area contributed by atoms with Gasteiger partial charge in [0, 0.05) is 13.1 Å². The highest BCUT2D eigenvalue weighted by molar-refractivity contribution is 14.1. The number of hydrogen-bond acceptors (Lipinski definition) is 2. The topological polar surface area (TPSA) is 37.4 Å². The second kappa shape index (κ2) is 3.59. The lowest BCUT2D eigenvalue weighted by atomic mass is 10.2. The molecule has 1 unspecified atom stereocenters. The average Bonchev–Trinajstić information content (AvgIpc) is 1.83. The summed E-state index contributed by atoms with van der Waals surface area (Å²) in [7, 11) is -3.05. The molecule has 1 fully saturated rings. The molecule has 3 nitrogen and oxygen atoms in total. The molecule has 1 aliphatic heterocycles. The summed E-state index contributed by atoms with van der Waals surface area (Å²) in [5, 5.41) is 0. The summed E-state index contributed by atoms with van der Waals surface area (Å²) in [6, 6.07) is 0. The fraction of sp³-hybridized carbons (Fsp3) is 1.00. The van der Waals surface area contributed by atoms with E-state index in [1.807, 2.05) is 0 Å². The van der Waals surface area contributed by atoms with Gasteiger partial charge in [0.15, 0.2) is 0 Å². The van der Waals surface area contributed by atoms with E-state index in [0.29, 0.717) is 13.1 Å². The van der Waals surface area contributed by atoms with Crippen LogP contribution in [0.15, 0.2) is 0 Å². The summed E-state index contributed by atoms with van der Waals surface area (Å²) in [6.45, 7) is 1.03. The molecule has 0 aromatic heterocycles. The summed E-state index contributed by atoms with van der Waals surface area (Å²) >= 11 is 8.16. The number of halogens is 2. The molecule has 1 atom stereocenters. The molecule has 0 bridgehead atoms. The van der Waals surface area contributed by atoms with Gasteiger partial charge in [-0.3, -0.25) is 0 Å². The number of piperidine rings is 1. The molecule has 0 amide bonds. The molecule has 72 valence electrons. The largest absolute Gasteiger partial charge is 0.213 e. The van der Waals surface area contributed by atoms with Gasteiger partial charge in [-0.1, -0.05) is 22.6 Å². The third-order valence-electron chi connectivity index (χ3n) is 1.83. The van der Waals surface area contributed by atoms with Gasteiger partial charge in [-0.25, -0.2) is 8.42 Å². The highest BCUT2D eigenvalue weighted by atomic mass is 127. The van der Waals surface area contributed by atoms with Crippen molar-refractivity contribution in [3.63, 3.8) is 0 Å². The van der Waals surface area contributed by atoms with Gasteiger partial charge < -0.3 is 0 Å². The Balaban J connectivity index is 2.71. The van der Waals surface area contributed by atoms with Crippen LogP contribution in [0.2, 0.25) is 0 Å². The van der Waals surface area contributed by atoms with Crippen molar-refractivity contribution in [2.75, 3.05) is 19.3 Å².